The number of hydrogen-bond acceptors (Lipinski definition) is 5. The molecule has 0 aliphatic heterocycles. The standard InChI is InChI=1S/C19H9Cl2NO4/c20-13-9-14(21)17(16-11(13)5-3-7-22-16)26-19(24)12-8-10-4-1-2-6-15(10)25-18(12)23/h1-9H. The van der Waals surface area contributed by atoms with E-state index < -0.39 is 11.6 Å². The number of nitrogens with zero attached hydrogens (tertiary/aromatic N) is 1. The van der Waals surface area contributed by atoms with E-state index in [4.69, 9.17) is 32.4 Å². The topological polar surface area (TPSA) is 69.4 Å². The number of rotatable bonds is 2. The lowest BCUT2D eigenvalue weighted by atomic mass is 10.2. The second-order valence-electron chi connectivity index (χ2n) is 5.44. The van der Waals surface area contributed by atoms with E-state index in [0.29, 0.717) is 26.9 Å². The van der Waals surface area contributed by atoms with Crippen LogP contribution in [0.1, 0.15) is 10.4 Å². The average Bonchev–Trinajstić information content (AvgIpc) is 2.64. The molecule has 0 bridgehead atoms. The minimum absolute atomic E-state index is 0.0317. The molecule has 0 amide bonds. The van der Waals surface area contributed by atoms with Gasteiger partial charge in [0.25, 0.3) is 0 Å². The number of pyridine rings is 1. The van der Waals surface area contributed by atoms with E-state index in [-0.39, 0.29) is 16.3 Å². The summed E-state index contributed by atoms with van der Waals surface area (Å²) in [6.07, 6.45) is 1.52. The van der Waals surface area contributed by atoms with Crippen LogP contribution in [0.5, 0.6) is 5.75 Å². The number of halogens is 2. The van der Waals surface area contributed by atoms with Crippen molar-refractivity contribution in [1.82, 2.24) is 4.98 Å². The first-order chi connectivity index (χ1) is 12.5. The third-order valence-corrected chi connectivity index (χ3v) is 4.40. The normalized spacial score (nSPS) is 11.0. The van der Waals surface area contributed by atoms with Gasteiger partial charge in [0.05, 0.1) is 10.0 Å². The van der Waals surface area contributed by atoms with Crippen LogP contribution in [0.15, 0.2) is 63.9 Å². The fourth-order valence-electron chi connectivity index (χ4n) is 2.60. The van der Waals surface area contributed by atoms with Crippen LogP contribution < -0.4 is 10.4 Å². The molecule has 26 heavy (non-hydrogen) atoms. The van der Waals surface area contributed by atoms with Crippen LogP contribution in [0.2, 0.25) is 10.0 Å². The maximum atomic E-state index is 12.6. The zero-order valence-corrected chi connectivity index (χ0v) is 14.5. The van der Waals surface area contributed by atoms with Gasteiger partial charge in [0.2, 0.25) is 0 Å². The number of ether oxygens (including phenoxy) is 1. The van der Waals surface area contributed by atoms with Crippen molar-refractivity contribution in [3.63, 3.8) is 0 Å². The van der Waals surface area contributed by atoms with Gasteiger partial charge < -0.3 is 9.15 Å². The van der Waals surface area contributed by atoms with Crippen LogP contribution in [-0.4, -0.2) is 11.0 Å². The second kappa shape index (κ2) is 6.44. The number of fused-ring (bicyclic) bond motifs is 2. The van der Waals surface area contributed by atoms with Crippen LogP contribution >= 0.6 is 23.2 Å². The molecule has 4 aromatic rings. The SMILES string of the molecule is O=C(Oc1c(Cl)cc(Cl)c2cccnc12)c1cc2ccccc2oc1=O. The first-order valence-electron chi connectivity index (χ1n) is 7.52. The molecule has 0 unspecified atom stereocenters. The van der Waals surface area contributed by atoms with Crippen molar-refractivity contribution in [1.29, 1.82) is 0 Å². The molecule has 0 saturated heterocycles. The Hall–Kier alpha value is -2.89. The largest absolute Gasteiger partial charge is 0.422 e. The van der Waals surface area contributed by atoms with Gasteiger partial charge in [-0.1, -0.05) is 41.4 Å². The molecular formula is C19H9Cl2NO4. The zero-order chi connectivity index (χ0) is 18.3. The van der Waals surface area contributed by atoms with Crippen molar-refractivity contribution < 1.29 is 13.9 Å². The van der Waals surface area contributed by atoms with Crippen molar-refractivity contribution in [2.24, 2.45) is 0 Å². The lowest BCUT2D eigenvalue weighted by molar-refractivity contribution is 0.0732. The van der Waals surface area contributed by atoms with Gasteiger partial charge in [0.1, 0.15) is 16.7 Å². The molecule has 0 fully saturated rings. The van der Waals surface area contributed by atoms with Gasteiger partial charge in [-0.25, -0.2) is 9.59 Å². The molecule has 5 nitrogen and oxygen atoms in total. The zero-order valence-electron chi connectivity index (χ0n) is 13.0. The Morgan fingerprint density at radius 1 is 1.04 bits per heavy atom. The molecule has 2 heterocycles. The van der Waals surface area contributed by atoms with Gasteiger partial charge in [-0.05, 0) is 30.3 Å². The molecule has 7 heteroatoms. The van der Waals surface area contributed by atoms with Crippen LogP contribution in [0.3, 0.4) is 0 Å². The quantitative estimate of drug-likeness (QED) is 0.279. The van der Waals surface area contributed by atoms with Crippen LogP contribution in [0.4, 0.5) is 0 Å². The molecular weight excluding hydrogens is 377 g/mol. The molecule has 0 saturated carbocycles. The molecule has 0 N–H and O–H groups in total. The number of carbonyl (C=O) groups excluding carboxylic acids is 1. The summed E-state index contributed by atoms with van der Waals surface area (Å²) in [4.78, 5) is 28.9. The van der Waals surface area contributed by atoms with Gasteiger partial charge in [-0.2, -0.15) is 0 Å². The van der Waals surface area contributed by atoms with Gasteiger partial charge in [-0.3, -0.25) is 4.98 Å². The Balaban J connectivity index is 1.81. The minimum Gasteiger partial charge on any atom is -0.422 e. The molecule has 2 aromatic carbocycles. The Kier molecular flexibility index (Phi) is 4.11. The average molecular weight is 386 g/mol. The molecule has 128 valence electrons. The molecule has 0 aliphatic rings. The maximum Gasteiger partial charge on any atom is 0.351 e. The lowest BCUT2D eigenvalue weighted by Crippen LogP contribution is -2.19. The number of para-hydroxylation sites is 1. The summed E-state index contributed by atoms with van der Waals surface area (Å²) < 4.78 is 10.5. The molecule has 0 aliphatic carbocycles. The Morgan fingerprint density at radius 2 is 1.85 bits per heavy atom. The van der Waals surface area contributed by atoms with Crippen molar-refractivity contribution in [2.45, 2.75) is 0 Å². The number of aromatic nitrogens is 1. The molecule has 0 atom stereocenters. The third-order valence-electron chi connectivity index (χ3n) is 3.81. The number of benzene rings is 2. The smallest absolute Gasteiger partial charge is 0.351 e. The summed E-state index contributed by atoms with van der Waals surface area (Å²) in [6.45, 7) is 0. The highest BCUT2D eigenvalue weighted by Gasteiger charge is 2.20. The molecule has 2 aromatic heterocycles. The van der Waals surface area contributed by atoms with Crippen LogP contribution in [0, 0.1) is 0 Å². The van der Waals surface area contributed by atoms with Gasteiger partial charge in [0.15, 0.2) is 5.75 Å². The Morgan fingerprint density at radius 3 is 2.69 bits per heavy atom. The number of hydrogen-bond donors (Lipinski definition) is 0. The summed E-state index contributed by atoms with van der Waals surface area (Å²) in [6, 6.07) is 13.2. The van der Waals surface area contributed by atoms with Crippen molar-refractivity contribution in [3.8, 4) is 5.75 Å². The van der Waals surface area contributed by atoms with Crippen molar-refractivity contribution >= 4 is 51.0 Å². The Bertz CT molecular complexity index is 1230. The van der Waals surface area contributed by atoms with E-state index in [1.807, 2.05) is 0 Å². The summed E-state index contributed by atoms with van der Waals surface area (Å²) in [5.41, 5.74) is -0.330. The fourth-order valence-corrected chi connectivity index (χ4v) is 3.15. The maximum absolute atomic E-state index is 12.6. The third kappa shape index (κ3) is 2.81. The van der Waals surface area contributed by atoms with E-state index in [2.05, 4.69) is 4.98 Å². The predicted molar refractivity (Wildman–Crippen MR) is 99.2 cm³/mol. The van der Waals surface area contributed by atoms with E-state index in [1.165, 1.54) is 18.3 Å². The van der Waals surface area contributed by atoms with E-state index >= 15 is 0 Å². The van der Waals surface area contributed by atoms with Gasteiger partial charge in [0, 0.05) is 17.0 Å². The first-order valence-corrected chi connectivity index (χ1v) is 8.28. The van der Waals surface area contributed by atoms with E-state index in [0.717, 1.165) is 0 Å². The van der Waals surface area contributed by atoms with Crippen LogP contribution in [0.25, 0.3) is 21.9 Å². The molecule has 0 spiro atoms. The summed E-state index contributed by atoms with van der Waals surface area (Å²) in [5.74, 6) is -0.857. The fraction of sp³-hybridized carbons (Fsp3) is 0. The van der Waals surface area contributed by atoms with Gasteiger partial charge in [-0.15, -0.1) is 0 Å². The van der Waals surface area contributed by atoms with Crippen molar-refractivity contribution in [2.75, 3.05) is 0 Å². The highest BCUT2D eigenvalue weighted by molar-refractivity contribution is 6.39. The number of carbonyl (C=O) groups is 1. The van der Waals surface area contributed by atoms with Crippen LogP contribution in [-0.2, 0) is 0 Å². The summed E-state index contributed by atoms with van der Waals surface area (Å²) in [5, 5.41) is 1.67. The number of esters is 1. The van der Waals surface area contributed by atoms with Crippen molar-refractivity contribution in [3.05, 3.63) is 80.8 Å². The Labute approximate surface area is 156 Å². The van der Waals surface area contributed by atoms with E-state index in [9.17, 15) is 9.59 Å². The monoisotopic (exact) mass is 385 g/mol. The first kappa shape index (κ1) is 16.6. The summed E-state index contributed by atoms with van der Waals surface area (Å²) >= 11 is 12.3. The minimum atomic E-state index is -0.888. The summed E-state index contributed by atoms with van der Waals surface area (Å²) in [7, 11) is 0. The van der Waals surface area contributed by atoms with E-state index in [1.54, 1.807) is 36.4 Å². The predicted octanol–water partition coefficient (Wildman–Crippen LogP) is 4.87. The second-order valence-corrected chi connectivity index (χ2v) is 6.26. The van der Waals surface area contributed by atoms with Gasteiger partial charge >= 0.3 is 11.6 Å². The molecule has 0 radical (unpaired) electrons. The molecule has 4 rings (SSSR count). The lowest BCUT2D eigenvalue weighted by Gasteiger charge is -2.10. The highest BCUT2D eigenvalue weighted by Crippen LogP contribution is 2.37. The highest BCUT2D eigenvalue weighted by atomic mass is 35.5.